The van der Waals surface area contributed by atoms with Gasteiger partial charge in [-0.05, 0) is 55.5 Å². The third-order valence-electron chi connectivity index (χ3n) is 3.76. The highest BCUT2D eigenvalue weighted by Gasteiger charge is 2.15. The van der Waals surface area contributed by atoms with Gasteiger partial charge in [0.2, 0.25) is 0 Å². The largest absolute Gasteiger partial charge is 0.486 e. The lowest BCUT2D eigenvalue weighted by molar-refractivity contribution is 0.0921. The maximum Gasteiger partial charge on any atom is 0.301 e. The summed E-state index contributed by atoms with van der Waals surface area (Å²) >= 11 is 0. The molecule has 21 heavy (non-hydrogen) atoms. The number of rotatable bonds is 4. The summed E-state index contributed by atoms with van der Waals surface area (Å²) in [5.41, 5.74) is 5.59. The highest BCUT2D eigenvalue weighted by molar-refractivity contribution is 5.92. The summed E-state index contributed by atoms with van der Waals surface area (Å²) < 4.78 is 11.2. The fourth-order valence-electron chi connectivity index (χ4n) is 2.70. The van der Waals surface area contributed by atoms with E-state index in [4.69, 9.17) is 15.0 Å². The number of aryl methyl sites for hydroxylation is 3. The summed E-state index contributed by atoms with van der Waals surface area (Å²) in [6, 6.07) is 7.98. The van der Waals surface area contributed by atoms with E-state index in [1.165, 1.54) is 17.5 Å². The lowest BCUT2D eigenvalue weighted by Crippen LogP contribution is -2.30. The second kappa shape index (κ2) is 5.61. The molecule has 0 saturated carbocycles. The van der Waals surface area contributed by atoms with E-state index in [1.54, 1.807) is 13.0 Å². The Morgan fingerprint density at radius 3 is 2.95 bits per heavy atom. The first-order chi connectivity index (χ1) is 10.2. The molecule has 1 aliphatic carbocycles. The standard InChI is InChI=1S/C16H18N2O3/c1-10-7-14(21-15(10)16(19)18-17)9-20-13-6-5-11-3-2-4-12(11)8-13/h5-8H,2-4,9,17H2,1H3,(H,18,19). The Labute approximate surface area is 123 Å². The molecule has 0 unspecified atom stereocenters. The van der Waals surface area contributed by atoms with Crippen molar-refractivity contribution in [1.29, 1.82) is 0 Å². The van der Waals surface area contributed by atoms with Crippen molar-refractivity contribution in [3.63, 3.8) is 0 Å². The maximum atomic E-state index is 11.5. The zero-order valence-electron chi connectivity index (χ0n) is 11.9. The molecule has 5 heteroatoms. The zero-order valence-corrected chi connectivity index (χ0v) is 11.9. The normalized spacial score (nSPS) is 13.0. The van der Waals surface area contributed by atoms with Crippen molar-refractivity contribution in [3.8, 4) is 5.75 Å². The van der Waals surface area contributed by atoms with Gasteiger partial charge in [-0.1, -0.05) is 6.07 Å². The van der Waals surface area contributed by atoms with Crippen molar-refractivity contribution in [3.05, 3.63) is 52.5 Å². The average molecular weight is 286 g/mol. The van der Waals surface area contributed by atoms with Crippen LogP contribution in [0.5, 0.6) is 5.75 Å². The van der Waals surface area contributed by atoms with Crippen molar-refractivity contribution in [2.24, 2.45) is 5.84 Å². The van der Waals surface area contributed by atoms with Gasteiger partial charge in [-0.25, -0.2) is 5.84 Å². The monoisotopic (exact) mass is 286 g/mol. The third-order valence-corrected chi connectivity index (χ3v) is 3.76. The Morgan fingerprint density at radius 2 is 2.14 bits per heavy atom. The molecule has 0 fully saturated rings. The number of amides is 1. The van der Waals surface area contributed by atoms with E-state index in [0.717, 1.165) is 24.2 Å². The third kappa shape index (κ3) is 2.78. The smallest absolute Gasteiger partial charge is 0.301 e. The first-order valence-corrected chi connectivity index (χ1v) is 7.02. The van der Waals surface area contributed by atoms with Crippen LogP contribution in [0.2, 0.25) is 0 Å². The number of nitrogen functional groups attached to an aromatic ring is 1. The van der Waals surface area contributed by atoms with E-state index in [2.05, 4.69) is 17.6 Å². The second-order valence-corrected chi connectivity index (χ2v) is 5.27. The molecule has 1 aromatic heterocycles. The van der Waals surface area contributed by atoms with Gasteiger partial charge in [-0.15, -0.1) is 0 Å². The number of fused-ring (bicyclic) bond motifs is 1. The van der Waals surface area contributed by atoms with Crippen LogP contribution in [0, 0.1) is 6.92 Å². The van der Waals surface area contributed by atoms with Crippen molar-refractivity contribution < 1.29 is 13.9 Å². The molecule has 2 aromatic rings. The summed E-state index contributed by atoms with van der Waals surface area (Å²) in [5, 5.41) is 0. The van der Waals surface area contributed by atoms with Crippen molar-refractivity contribution in [2.75, 3.05) is 0 Å². The molecule has 1 heterocycles. The number of benzene rings is 1. The predicted octanol–water partition coefficient (Wildman–Crippen LogP) is 2.26. The summed E-state index contributed by atoms with van der Waals surface area (Å²) in [5.74, 6) is 6.33. The Bertz CT molecular complexity index is 676. The van der Waals surface area contributed by atoms with Crippen LogP contribution < -0.4 is 16.0 Å². The van der Waals surface area contributed by atoms with Crippen LogP contribution in [0.25, 0.3) is 0 Å². The van der Waals surface area contributed by atoms with Crippen molar-refractivity contribution in [1.82, 2.24) is 5.43 Å². The number of nitrogens with one attached hydrogen (secondary N) is 1. The van der Waals surface area contributed by atoms with Gasteiger partial charge in [-0.2, -0.15) is 0 Å². The molecule has 0 spiro atoms. The highest BCUT2D eigenvalue weighted by atomic mass is 16.5. The topological polar surface area (TPSA) is 77.5 Å². The molecule has 3 N–H and O–H groups in total. The Balaban J connectivity index is 1.69. The lowest BCUT2D eigenvalue weighted by atomic mass is 10.1. The number of carbonyl (C=O) groups excluding carboxylic acids is 1. The first kappa shape index (κ1) is 13.7. The number of hydrogen-bond acceptors (Lipinski definition) is 4. The molecule has 0 atom stereocenters. The second-order valence-electron chi connectivity index (χ2n) is 5.27. The minimum Gasteiger partial charge on any atom is -0.486 e. The fourth-order valence-corrected chi connectivity index (χ4v) is 2.70. The minimum absolute atomic E-state index is 0.227. The number of ether oxygens (including phenoxy) is 1. The molecule has 1 aliphatic rings. The quantitative estimate of drug-likeness (QED) is 0.513. The van der Waals surface area contributed by atoms with E-state index in [0.29, 0.717) is 5.76 Å². The van der Waals surface area contributed by atoms with Crippen LogP contribution in [0.15, 0.2) is 28.7 Å². The summed E-state index contributed by atoms with van der Waals surface area (Å²) in [6.45, 7) is 2.09. The van der Waals surface area contributed by atoms with Gasteiger partial charge < -0.3 is 9.15 Å². The Kier molecular flexibility index (Phi) is 3.66. The SMILES string of the molecule is Cc1cc(COc2ccc3c(c2)CCC3)oc1C(=O)NN. The van der Waals surface area contributed by atoms with E-state index >= 15 is 0 Å². The zero-order chi connectivity index (χ0) is 14.8. The Hall–Kier alpha value is -2.27. The molecule has 5 nitrogen and oxygen atoms in total. The van der Waals surface area contributed by atoms with Crippen LogP contribution in [0.4, 0.5) is 0 Å². The van der Waals surface area contributed by atoms with Crippen LogP contribution >= 0.6 is 0 Å². The molecule has 0 aliphatic heterocycles. The van der Waals surface area contributed by atoms with E-state index < -0.39 is 5.91 Å². The van der Waals surface area contributed by atoms with Gasteiger partial charge in [-0.3, -0.25) is 10.2 Å². The van der Waals surface area contributed by atoms with Gasteiger partial charge >= 0.3 is 5.91 Å². The van der Waals surface area contributed by atoms with Gasteiger partial charge in [0.05, 0.1) is 0 Å². The number of furan rings is 1. The number of hydrogen-bond donors (Lipinski definition) is 2. The molecule has 110 valence electrons. The van der Waals surface area contributed by atoms with Gasteiger partial charge in [0.15, 0.2) is 5.76 Å². The van der Waals surface area contributed by atoms with Crippen molar-refractivity contribution in [2.45, 2.75) is 32.8 Å². The molecule has 0 saturated heterocycles. The summed E-state index contributed by atoms with van der Waals surface area (Å²) in [6.07, 6.45) is 3.49. The van der Waals surface area contributed by atoms with E-state index in [9.17, 15) is 4.79 Å². The lowest BCUT2D eigenvalue weighted by Gasteiger charge is -2.06. The maximum absolute atomic E-state index is 11.5. The van der Waals surface area contributed by atoms with Crippen LogP contribution in [0.3, 0.4) is 0 Å². The van der Waals surface area contributed by atoms with E-state index in [1.807, 2.05) is 6.07 Å². The number of nitrogens with two attached hydrogens (primary N) is 1. The van der Waals surface area contributed by atoms with E-state index in [-0.39, 0.29) is 12.4 Å². The fraction of sp³-hybridized carbons (Fsp3) is 0.312. The van der Waals surface area contributed by atoms with Crippen LogP contribution in [-0.2, 0) is 19.4 Å². The molecule has 0 radical (unpaired) electrons. The van der Waals surface area contributed by atoms with Gasteiger partial charge in [0.25, 0.3) is 0 Å². The average Bonchev–Trinajstić information content (AvgIpc) is 3.10. The van der Waals surface area contributed by atoms with Gasteiger partial charge in [0.1, 0.15) is 18.1 Å². The summed E-state index contributed by atoms with van der Waals surface area (Å²) in [7, 11) is 0. The molecular weight excluding hydrogens is 268 g/mol. The number of hydrazine groups is 1. The molecule has 3 rings (SSSR count). The van der Waals surface area contributed by atoms with Crippen LogP contribution in [0.1, 0.15) is 39.4 Å². The molecule has 1 amide bonds. The molecule has 0 bridgehead atoms. The predicted molar refractivity (Wildman–Crippen MR) is 77.9 cm³/mol. The molecular formula is C16H18N2O3. The highest BCUT2D eigenvalue weighted by Crippen LogP contribution is 2.26. The minimum atomic E-state index is -0.434. The van der Waals surface area contributed by atoms with Gasteiger partial charge in [0, 0.05) is 5.56 Å². The first-order valence-electron chi connectivity index (χ1n) is 7.02. The van der Waals surface area contributed by atoms with Crippen LogP contribution in [-0.4, -0.2) is 5.91 Å². The summed E-state index contributed by atoms with van der Waals surface area (Å²) in [4.78, 5) is 11.5. The molecule has 1 aromatic carbocycles. The Morgan fingerprint density at radius 1 is 1.33 bits per heavy atom. The van der Waals surface area contributed by atoms with Crippen molar-refractivity contribution >= 4 is 5.91 Å². The number of carbonyl (C=O) groups is 1.